The summed E-state index contributed by atoms with van der Waals surface area (Å²) in [4.78, 5) is 12.3. The average Bonchev–Trinajstić information content (AvgIpc) is 2.75. The molecule has 0 amide bonds. The third-order valence-corrected chi connectivity index (χ3v) is 6.15. The minimum absolute atomic E-state index is 0.169. The third-order valence-electron chi connectivity index (χ3n) is 4.75. The van der Waals surface area contributed by atoms with Gasteiger partial charge in [-0.15, -0.1) is 0 Å². The highest BCUT2D eigenvalue weighted by Crippen LogP contribution is 2.28. The standard InChI is InChI=1S/C23H19F2N5O2S/c1-14-4-3-5-22(28-14)29-23-11-16(8-9-26-23)17-10-20(15(2)27-13-17)30-33(31,32)21-7-6-18(24)12-19(21)25/h3-13,30H,1-2H3,(H,26,28,29). The number of hydrogen-bond acceptors (Lipinski definition) is 6. The van der Waals surface area contributed by atoms with Crippen LogP contribution in [0.25, 0.3) is 11.1 Å². The highest BCUT2D eigenvalue weighted by atomic mass is 32.2. The summed E-state index contributed by atoms with van der Waals surface area (Å²) in [5.41, 5.74) is 2.75. The molecule has 0 aliphatic heterocycles. The molecule has 0 radical (unpaired) electrons. The number of hydrogen-bond donors (Lipinski definition) is 2. The first-order valence-electron chi connectivity index (χ1n) is 9.83. The van der Waals surface area contributed by atoms with Crippen LogP contribution in [0.4, 0.5) is 26.1 Å². The number of sulfonamides is 1. The lowest BCUT2D eigenvalue weighted by Crippen LogP contribution is -2.16. The van der Waals surface area contributed by atoms with E-state index in [9.17, 15) is 17.2 Å². The summed E-state index contributed by atoms with van der Waals surface area (Å²) in [5.74, 6) is -0.869. The SMILES string of the molecule is Cc1cccc(Nc2cc(-c3cnc(C)c(NS(=O)(=O)c4ccc(F)cc4F)c3)ccn2)n1. The Hall–Kier alpha value is -3.92. The van der Waals surface area contributed by atoms with Crippen molar-refractivity contribution in [2.45, 2.75) is 18.7 Å². The first-order valence-corrected chi connectivity index (χ1v) is 11.3. The first-order chi connectivity index (χ1) is 15.7. The molecule has 0 aliphatic rings. The summed E-state index contributed by atoms with van der Waals surface area (Å²) >= 11 is 0. The Balaban J connectivity index is 1.64. The number of aromatic nitrogens is 3. The smallest absolute Gasteiger partial charge is 0.264 e. The van der Waals surface area contributed by atoms with Gasteiger partial charge in [-0.2, -0.15) is 0 Å². The van der Waals surface area contributed by atoms with E-state index in [-0.39, 0.29) is 5.69 Å². The lowest BCUT2D eigenvalue weighted by Gasteiger charge is -2.13. The second-order valence-corrected chi connectivity index (χ2v) is 8.91. The number of aryl methyl sites for hydroxylation is 2. The summed E-state index contributed by atoms with van der Waals surface area (Å²) in [6.07, 6.45) is 3.20. The maximum atomic E-state index is 14.0. The quantitative estimate of drug-likeness (QED) is 0.415. The monoisotopic (exact) mass is 467 g/mol. The third kappa shape index (κ3) is 5.12. The van der Waals surface area contributed by atoms with Gasteiger partial charge in [0.1, 0.15) is 28.2 Å². The summed E-state index contributed by atoms with van der Waals surface area (Å²) in [6.45, 7) is 3.50. The van der Waals surface area contributed by atoms with Gasteiger partial charge in [0, 0.05) is 29.7 Å². The fraction of sp³-hybridized carbons (Fsp3) is 0.0870. The molecule has 0 spiro atoms. The van der Waals surface area contributed by atoms with Gasteiger partial charge >= 0.3 is 0 Å². The molecule has 4 rings (SSSR count). The number of rotatable bonds is 6. The largest absolute Gasteiger partial charge is 0.325 e. The van der Waals surface area contributed by atoms with Crippen molar-refractivity contribution in [3.8, 4) is 11.1 Å². The molecule has 0 saturated carbocycles. The average molecular weight is 468 g/mol. The predicted molar refractivity (Wildman–Crippen MR) is 122 cm³/mol. The fourth-order valence-corrected chi connectivity index (χ4v) is 4.28. The van der Waals surface area contributed by atoms with E-state index in [1.807, 2.05) is 25.1 Å². The number of benzene rings is 1. The Labute approximate surface area is 189 Å². The second kappa shape index (κ2) is 8.91. The Morgan fingerprint density at radius 1 is 0.879 bits per heavy atom. The molecular formula is C23H19F2N5O2S. The summed E-state index contributed by atoms with van der Waals surface area (Å²) in [6, 6.07) is 13.0. The van der Waals surface area contributed by atoms with Gasteiger partial charge in [-0.1, -0.05) is 6.07 Å². The van der Waals surface area contributed by atoms with E-state index in [1.165, 1.54) is 0 Å². The van der Waals surface area contributed by atoms with E-state index in [2.05, 4.69) is 25.0 Å². The molecule has 2 N–H and O–H groups in total. The van der Waals surface area contributed by atoms with Crippen LogP contribution in [-0.2, 0) is 10.0 Å². The molecule has 0 bridgehead atoms. The van der Waals surface area contributed by atoms with Crippen LogP contribution in [-0.4, -0.2) is 23.4 Å². The molecule has 1 aromatic carbocycles. The Morgan fingerprint density at radius 3 is 2.45 bits per heavy atom. The summed E-state index contributed by atoms with van der Waals surface area (Å²) < 4.78 is 54.9. The number of halogens is 2. The maximum Gasteiger partial charge on any atom is 0.264 e. The van der Waals surface area contributed by atoms with Gasteiger partial charge in [0.05, 0.1) is 11.4 Å². The molecule has 0 atom stereocenters. The van der Waals surface area contributed by atoms with Crippen molar-refractivity contribution in [1.82, 2.24) is 15.0 Å². The number of anilines is 3. The lowest BCUT2D eigenvalue weighted by molar-refractivity contribution is 0.551. The number of pyridine rings is 3. The van der Waals surface area contributed by atoms with E-state index < -0.39 is 26.6 Å². The summed E-state index contributed by atoms with van der Waals surface area (Å²) in [5, 5.41) is 3.12. The van der Waals surface area contributed by atoms with Gasteiger partial charge in [0.15, 0.2) is 0 Å². The van der Waals surface area contributed by atoms with Crippen molar-refractivity contribution in [2.75, 3.05) is 10.0 Å². The molecule has 0 aliphatic carbocycles. The van der Waals surface area contributed by atoms with Crippen molar-refractivity contribution >= 4 is 27.3 Å². The maximum absolute atomic E-state index is 14.0. The van der Waals surface area contributed by atoms with Crippen LogP contribution in [0, 0.1) is 25.5 Å². The van der Waals surface area contributed by atoms with E-state index in [0.717, 1.165) is 23.4 Å². The minimum atomic E-state index is -4.30. The van der Waals surface area contributed by atoms with Gasteiger partial charge in [-0.05, 0) is 61.9 Å². The van der Waals surface area contributed by atoms with Crippen LogP contribution in [0.5, 0.6) is 0 Å². The Bertz CT molecular complexity index is 1440. The molecule has 33 heavy (non-hydrogen) atoms. The highest BCUT2D eigenvalue weighted by Gasteiger charge is 2.21. The molecule has 168 valence electrons. The fourth-order valence-electron chi connectivity index (χ4n) is 3.11. The number of nitrogens with one attached hydrogen (secondary N) is 2. The molecule has 3 aromatic heterocycles. The van der Waals surface area contributed by atoms with Gasteiger partial charge in [-0.25, -0.2) is 27.2 Å². The predicted octanol–water partition coefficient (Wildman–Crippen LogP) is 4.98. The van der Waals surface area contributed by atoms with E-state index in [4.69, 9.17) is 0 Å². The van der Waals surface area contributed by atoms with E-state index >= 15 is 0 Å². The highest BCUT2D eigenvalue weighted by molar-refractivity contribution is 7.92. The van der Waals surface area contributed by atoms with Crippen LogP contribution < -0.4 is 10.0 Å². The zero-order valence-electron chi connectivity index (χ0n) is 17.7. The molecule has 0 saturated heterocycles. The molecule has 3 heterocycles. The van der Waals surface area contributed by atoms with E-state index in [1.54, 1.807) is 37.5 Å². The van der Waals surface area contributed by atoms with Crippen molar-refractivity contribution in [1.29, 1.82) is 0 Å². The van der Waals surface area contributed by atoms with Gasteiger partial charge < -0.3 is 5.32 Å². The van der Waals surface area contributed by atoms with Crippen LogP contribution >= 0.6 is 0 Å². The zero-order valence-corrected chi connectivity index (χ0v) is 18.5. The van der Waals surface area contributed by atoms with Crippen LogP contribution in [0.2, 0.25) is 0 Å². The zero-order chi connectivity index (χ0) is 23.6. The van der Waals surface area contributed by atoms with Crippen molar-refractivity contribution in [3.05, 3.63) is 90.0 Å². The minimum Gasteiger partial charge on any atom is -0.325 e. The van der Waals surface area contributed by atoms with Crippen molar-refractivity contribution < 1.29 is 17.2 Å². The van der Waals surface area contributed by atoms with Gasteiger partial charge in [-0.3, -0.25) is 9.71 Å². The van der Waals surface area contributed by atoms with Crippen molar-refractivity contribution in [2.24, 2.45) is 0 Å². The topological polar surface area (TPSA) is 96.9 Å². The lowest BCUT2D eigenvalue weighted by atomic mass is 10.1. The molecule has 7 nitrogen and oxygen atoms in total. The van der Waals surface area contributed by atoms with E-state index in [0.29, 0.717) is 29.0 Å². The van der Waals surface area contributed by atoms with Gasteiger partial charge in [0.2, 0.25) is 0 Å². The van der Waals surface area contributed by atoms with Crippen molar-refractivity contribution in [3.63, 3.8) is 0 Å². The Kier molecular flexibility index (Phi) is 6.01. The molecule has 0 unspecified atom stereocenters. The van der Waals surface area contributed by atoms with Gasteiger partial charge in [0.25, 0.3) is 10.0 Å². The Morgan fingerprint density at radius 2 is 1.70 bits per heavy atom. The molecule has 4 aromatic rings. The molecular weight excluding hydrogens is 448 g/mol. The van der Waals surface area contributed by atoms with Crippen LogP contribution in [0.15, 0.2) is 71.9 Å². The molecule has 10 heteroatoms. The normalized spacial score (nSPS) is 11.3. The molecule has 0 fully saturated rings. The van der Waals surface area contributed by atoms with Crippen LogP contribution in [0.1, 0.15) is 11.4 Å². The number of nitrogens with zero attached hydrogens (tertiary/aromatic N) is 3. The first kappa shape index (κ1) is 22.3. The summed E-state index contributed by atoms with van der Waals surface area (Å²) in [7, 11) is -4.30. The van der Waals surface area contributed by atoms with Crippen LogP contribution in [0.3, 0.4) is 0 Å². The second-order valence-electron chi connectivity index (χ2n) is 7.26.